The summed E-state index contributed by atoms with van der Waals surface area (Å²) in [7, 11) is 0. The zero-order valence-electron chi connectivity index (χ0n) is 16.0. The van der Waals surface area contributed by atoms with Gasteiger partial charge in [-0.05, 0) is 48.2 Å². The predicted molar refractivity (Wildman–Crippen MR) is 113 cm³/mol. The largest absolute Gasteiger partial charge is 0.490 e. The van der Waals surface area contributed by atoms with Crippen molar-refractivity contribution in [1.29, 1.82) is 0 Å². The molecule has 2 fully saturated rings. The van der Waals surface area contributed by atoms with Gasteiger partial charge in [-0.2, -0.15) is 0 Å². The van der Waals surface area contributed by atoms with Gasteiger partial charge < -0.3 is 9.84 Å². The molecule has 5 nitrogen and oxygen atoms in total. The van der Waals surface area contributed by atoms with Crippen molar-refractivity contribution in [3.05, 3.63) is 60.3 Å². The molecule has 0 atom stereocenters. The Balaban J connectivity index is 1.22. The maximum Gasteiger partial charge on any atom is 0.309 e. The van der Waals surface area contributed by atoms with E-state index in [-0.39, 0.29) is 5.92 Å². The highest BCUT2D eigenvalue weighted by Crippen LogP contribution is 2.34. The molecule has 0 radical (unpaired) electrons. The van der Waals surface area contributed by atoms with Gasteiger partial charge in [-0.1, -0.05) is 24.3 Å². The summed E-state index contributed by atoms with van der Waals surface area (Å²) in [4.78, 5) is 18.8. The molecular weight excluding hydrogens is 384 g/mol. The standard InChI is InChI=1S/C23H22N2O3S/c26-23(27)18-13-25(14-18)12-15-1-3-17(4-2-15)22-24-11-21(29-22)16-5-7-19(8-6-16)28-20-9-10-20/h1-8,11,18,20H,9-10,12-14H2,(H,26,27). The van der Waals surface area contributed by atoms with Crippen LogP contribution in [0.2, 0.25) is 0 Å². The summed E-state index contributed by atoms with van der Waals surface area (Å²) in [5, 5.41) is 9.98. The quantitative estimate of drug-likeness (QED) is 0.624. The second kappa shape index (κ2) is 7.61. The van der Waals surface area contributed by atoms with Crippen LogP contribution in [0.1, 0.15) is 18.4 Å². The van der Waals surface area contributed by atoms with E-state index in [1.54, 1.807) is 11.3 Å². The van der Waals surface area contributed by atoms with Gasteiger partial charge in [0, 0.05) is 31.4 Å². The Hall–Kier alpha value is -2.70. The Bertz CT molecular complexity index is 1000. The van der Waals surface area contributed by atoms with Crippen molar-refractivity contribution in [1.82, 2.24) is 9.88 Å². The zero-order chi connectivity index (χ0) is 19.8. The molecule has 2 aromatic carbocycles. The number of aliphatic carboxylic acids is 1. The highest BCUT2D eigenvalue weighted by molar-refractivity contribution is 7.18. The van der Waals surface area contributed by atoms with Gasteiger partial charge in [0.25, 0.3) is 0 Å². The summed E-state index contributed by atoms with van der Waals surface area (Å²) < 4.78 is 5.81. The molecule has 1 N–H and O–H groups in total. The van der Waals surface area contributed by atoms with Gasteiger partial charge >= 0.3 is 5.97 Å². The van der Waals surface area contributed by atoms with Crippen LogP contribution in [0.25, 0.3) is 21.0 Å². The molecule has 5 rings (SSSR count). The van der Waals surface area contributed by atoms with Crippen LogP contribution in [0.4, 0.5) is 0 Å². The first-order valence-corrected chi connectivity index (χ1v) is 10.7. The van der Waals surface area contributed by atoms with Crippen molar-refractivity contribution in [2.75, 3.05) is 13.1 Å². The van der Waals surface area contributed by atoms with E-state index in [0.717, 1.165) is 33.3 Å². The van der Waals surface area contributed by atoms with E-state index < -0.39 is 5.97 Å². The number of aromatic nitrogens is 1. The first-order chi connectivity index (χ1) is 14.1. The second-order valence-corrected chi connectivity index (χ2v) is 8.83. The summed E-state index contributed by atoms with van der Waals surface area (Å²) in [5.74, 6) is 0.0343. The Morgan fingerprint density at radius 1 is 1.07 bits per heavy atom. The van der Waals surface area contributed by atoms with Crippen molar-refractivity contribution in [2.24, 2.45) is 5.92 Å². The highest BCUT2D eigenvalue weighted by atomic mass is 32.1. The molecule has 148 valence electrons. The minimum atomic E-state index is -0.693. The zero-order valence-corrected chi connectivity index (χ0v) is 16.8. The van der Waals surface area contributed by atoms with Crippen molar-refractivity contribution in [3.8, 4) is 26.8 Å². The van der Waals surface area contributed by atoms with E-state index >= 15 is 0 Å². The van der Waals surface area contributed by atoms with E-state index in [1.807, 2.05) is 18.3 Å². The number of ether oxygens (including phenoxy) is 1. The average Bonchev–Trinajstić information content (AvgIpc) is 3.37. The number of carboxylic acid groups (broad SMARTS) is 1. The van der Waals surface area contributed by atoms with Gasteiger partial charge in [-0.25, -0.2) is 4.98 Å². The summed E-state index contributed by atoms with van der Waals surface area (Å²) >= 11 is 1.68. The number of hydrogen-bond acceptors (Lipinski definition) is 5. The Morgan fingerprint density at radius 3 is 2.41 bits per heavy atom. The van der Waals surface area contributed by atoms with E-state index in [4.69, 9.17) is 9.84 Å². The molecule has 3 aromatic rings. The molecule has 0 bridgehead atoms. The van der Waals surface area contributed by atoms with Crippen molar-refractivity contribution < 1.29 is 14.6 Å². The van der Waals surface area contributed by atoms with Crippen molar-refractivity contribution in [2.45, 2.75) is 25.5 Å². The van der Waals surface area contributed by atoms with Gasteiger partial charge in [0.05, 0.1) is 16.9 Å². The van der Waals surface area contributed by atoms with Crippen LogP contribution in [-0.2, 0) is 11.3 Å². The molecule has 0 amide bonds. The van der Waals surface area contributed by atoms with E-state index in [9.17, 15) is 4.79 Å². The number of carbonyl (C=O) groups is 1. The topological polar surface area (TPSA) is 62.7 Å². The minimum Gasteiger partial charge on any atom is -0.490 e. The number of thiazole rings is 1. The summed E-state index contributed by atoms with van der Waals surface area (Å²) in [6.45, 7) is 2.07. The highest BCUT2D eigenvalue weighted by Gasteiger charge is 2.32. The summed E-state index contributed by atoms with van der Waals surface area (Å²) in [6, 6.07) is 16.7. The molecular formula is C23H22N2O3S. The monoisotopic (exact) mass is 406 g/mol. The first kappa shape index (κ1) is 18.3. The lowest BCUT2D eigenvalue weighted by molar-refractivity contribution is -0.147. The first-order valence-electron chi connectivity index (χ1n) is 9.91. The maximum atomic E-state index is 10.9. The molecule has 1 saturated heterocycles. The number of benzene rings is 2. The fraction of sp³-hybridized carbons (Fsp3) is 0.304. The third kappa shape index (κ3) is 4.18. The van der Waals surface area contributed by atoms with Crippen molar-refractivity contribution >= 4 is 17.3 Å². The molecule has 2 aliphatic rings. The van der Waals surface area contributed by atoms with Crippen LogP contribution in [0.5, 0.6) is 5.75 Å². The van der Waals surface area contributed by atoms with Gasteiger partial charge in [-0.15, -0.1) is 11.3 Å². The van der Waals surface area contributed by atoms with Gasteiger partial charge in [0.2, 0.25) is 0 Å². The Labute approximate surface area is 173 Å². The number of nitrogens with zero attached hydrogens (tertiary/aromatic N) is 2. The van der Waals surface area contributed by atoms with Crippen LogP contribution in [-0.4, -0.2) is 40.2 Å². The smallest absolute Gasteiger partial charge is 0.309 e. The summed E-state index contributed by atoms with van der Waals surface area (Å²) in [5.41, 5.74) is 3.45. The fourth-order valence-corrected chi connectivity index (χ4v) is 4.41. The minimum absolute atomic E-state index is 0.211. The SMILES string of the molecule is O=C(O)C1CN(Cc2ccc(-c3ncc(-c4ccc(OC5CC5)cc4)s3)cc2)C1. The fourth-order valence-electron chi connectivity index (χ4n) is 3.48. The molecule has 0 unspecified atom stereocenters. The van der Waals surface area contributed by atoms with Gasteiger partial charge in [0.1, 0.15) is 10.8 Å². The molecule has 1 aromatic heterocycles. The predicted octanol–water partition coefficient (Wildman–Crippen LogP) is 4.53. The normalized spacial score (nSPS) is 17.1. The second-order valence-electron chi connectivity index (χ2n) is 7.80. The van der Waals surface area contributed by atoms with Crippen LogP contribution in [0.15, 0.2) is 54.7 Å². The maximum absolute atomic E-state index is 10.9. The molecule has 2 heterocycles. The average molecular weight is 407 g/mol. The molecule has 1 aliphatic heterocycles. The molecule has 0 spiro atoms. The third-order valence-corrected chi connectivity index (χ3v) is 6.48. The van der Waals surface area contributed by atoms with Crippen molar-refractivity contribution in [3.63, 3.8) is 0 Å². The lowest BCUT2D eigenvalue weighted by Gasteiger charge is -2.36. The number of hydrogen-bond donors (Lipinski definition) is 1. The van der Waals surface area contributed by atoms with Crippen LogP contribution in [0.3, 0.4) is 0 Å². The van der Waals surface area contributed by atoms with Gasteiger partial charge in [0.15, 0.2) is 0 Å². The van der Waals surface area contributed by atoms with Gasteiger partial charge in [-0.3, -0.25) is 9.69 Å². The van der Waals surface area contributed by atoms with Crippen LogP contribution < -0.4 is 4.74 Å². The van der Waals surface area contributed by atoms with Crippen LogP contribution in [0, 0.1) is 5.92 Å². The lowest BCUT2D eigenvalue weighted by atomic mass is 9.99. The molecule has 1 aliphatic carbocycles. The lowest BCUT2D eigenvalue weighted by Crippen LogP contribution is -2.49. The van der Waals surface area contributed by atoms with Crippen LogP contribution >= 0.6 is 11.3 Å². The Kier molecular flexibility index (Phi) is 4.81. The number of likely N-dealkylation sites (tertiary alicyclic amines) is 1. The van der Waals surface area contributed by atoms with E-state index in [2.05, 4.69) is 46.3 Å². The van der Waals surface area contributed by atoms with E-state index in [1.165, 1.54) is 18.4 Å². The Morgan fingerprint density at radius 2 is 1.76 bits per heavy atom. The molecule has 1 saturated carbocycles. The molecule has 29 heavy (non-hydrogen) atoms. The third-order valence-electron chi connectivity index (χ3n) is 5.39. The van der Waals surface area contributed by atoms with E-state index in [0.29, 0.717) is 19.2 Å². The molecule has 6 heteroatoms. The number of carboxylic acids is 1. The summed E-state index contributed by atoms with van der Waals surface area (Å²) in [6.07, 6.45) is 4.68. The number of rotatable bonds is 7.